The van der Waals surface area contributed by atoms with Crippen molar-refractivity contribution in [1.29, 1.82) is 5.26 Å². The number of aryl methyl sites for hydroxylation is 2. The molecule has 0 saturated carbocycles. The first kappa shape index (κ1) is 20.1. The fourth-order valence-electron chi connectivity index (χ4n) is 3.58. The average molecular weight is 414 g/mol. The average Bonchev–Trinajstić information content (AvgIpc) is 3.23. The second kappa shape index (κ2) is 7.91. The van der Waals surface area contributed by atoms with Gasteiger partial charge in [-0.25, -0.2) is 14.6 Å². The summed E-state index contributed by atoms with van der Waals surface area (Å²) in [5.41, 5.74) is 5.03. The molecular formula is C22H22N8O. The highest BCUT2D eigenvalue weighted by atomic mass is 16.5. The molecule has 0 unspecified atom stereocenters. The maximum Gasteiger partial charge on any atom is 0.163 e. The highest BCUT2D eigenvalue weighted by Crippen LogP contribution is 2.30. The maximum atomic E-state index is 9.01. The summed E-state index contributed by atoms with van der Waals surface area (Å²) in [4.78, 5) is 8.71. The predicted molar refractivity (Wildman–Crippen MR) is 117 cm³/mol. The van der Waals surface area contributed by atoms with Crippen molar-refractivity contribution in [1.82, 2.24) is 29.5 Å². The van der Waals surface area contributed by atoms with Crippen molar-refractivity contribution in [2.24, 2.45) is 7.05 Å². The zero-order valence-corrected chi connectivity index (χ0v) is 18.0. The topological polar surface area (TPSA) is 106 Å². The Morgan fingerprint density at radius 3 is 2.45 bits per heavy atom. The Morgan fingerprint density at radius 2 is 1.81 bits per heavy atom. The van der Waals surface area contributed by atoms with Gasteiger partial charge in [-0.05, 0) is 32.9 Å². The van der Waals surface area contributed by atoms with Crippen LogP contribution in [0.5, 0.6) is 5.75 Å². The van der Waals surface area contributed by atoms with Crippen LogP contribution in [0.15, 0.2) is 36.7 Å². The van der Waals surface area contributed by atoms with E-state index in [1.165, 1.54) is 6.33 Å². The van der Waals surface area contributed by atoms with Crippen molar-refractivity contribution in [3.63, 3.8) is 0 Å². The predicted octanol–water partition coefficient (Wildman–Crippen LogP) is 3.61. The summed E-state index contributed by atoms with van der Waals surface area (Å²) in [6, 6.07) is 11.3. The van der Waals surface area contributed by atoms with E-state index in [9.17, 15) is 0 Å². The van der Waals surface area contributed by atoms with Gasteiger partial charge in [0.2, 0.25) is 0 Å². The maximum absolute atomic E-state index is 9.01. The number of hydrogen-bond donors (Lipinski definition) is 1. The normalized spacial score (nSPS) is 10.7. The molecule has 3 aromatic heterocycles. The van der Waals surface area contributed by atoms with Gasteiger partial charge in [0.05, 0.1) is 30.1 Å². The quantitative estimate of drug-likeness (QED) is 0.531. The molecular weight excluding hydrogens is 392 g/mol. The summed E-state index contributed by atoms with van der Waals surface area (Å²) in [6.45, 7) is 5.83. The summed E-state index contributed by atoms with van der Waals surface area (Å²) in [7, 11) is 3.50. The highest BCUT2D eigenvalue weighted by Gasteiger charge is 2.17. The van der Waals surface area contributed by atoms with E-state index >= 15 is 0 Å². The van der Waals surface area contributed by atoms with E-state index < -0.39 is 0 Å². The molecule has 4 aromatic rings. The second-order valence-electron chi connectivity index (χ2n) is 7.14. The van der Waals surface area contributed by atoms with Crippen LogP contribution in [0, 0.1) is 32.1 Å². The molecule has 1 N–H and O–H groups in total. The van der Waals surface area contributed by atoms with Crippen LogP contribution in [-0.4, -0.2) is 36.6 Å². The lowest BCUT2D eigenvalue weighted by Crippen LogP contribution is -2.06. The molecule has 1 aromatic carbocycles. The summed E-state index contributed by atoms with van der Waals surface area (Å²) >= 11 is 0. The van der Waals surface area contributed by atoms with Crippen molar-refractivity contribution in [2.75, 3.05) is 12.4 Å². The number of hydrogen-bond acceptors (Lipinski definition) is 7. The van der Waals surface area contributed by atoms with Crippen LogP contribution >= 0.6 is 0 Å². The van der Waals surface area contributed by atoms with Crippen LogP contribution in [-0.2, 0) is 7.05 Å². The van der Waals surface area contributed by atoms with Gasteiger partial charge in [-0.2, -0.15) is 15.5 Å². The molecule has 0 radical (unpaired) electrons. The monoisotopic (exact) mass is 414 g/mol. The molecule has 0 atom stereocenters. The Balaban J connectivity index is 1.67. The minimum Gasteiger partial charge on any atom is -0.493 e. The summed E-state index contributed by atoms with van der Waals surface area (Å²) in [5, 5.41) is 21.5. The van der Waals surface area contributed by atoms with E-state index in [2.05, 4.69) is 31.6 Å². The molecule has 9 heteroatoms. The van der Waals surface area contributed by atoms with Gasteiger partial charge in [-0.15, -0.1) is 0 Å². The zero-order valence-electron chi connectivity index (χ0n) is 18.0. The fourth-order valence-corrected chi connectivity index (χ4v) is 3.58. The van der Waals surface area contributed by atoms with E-state index in [4.69, 9.17) is 10.00 Å². The number of anilines is 2. The third-order valence-electron chi connectivity index (χ3n) is 5.12. The van der Waals surface area contributed by atoms with Crippen LogP contribution in [0.4, 0.5) is 11.6 Å². The van der Waals surface area contributed by atoms with E-state index in [-0.39, 0.29) is 0 Å². The van der Waals surface area contributed by atoms with Gasteiger partial charge in [0.25, 0.3) is 0 Å². The molecule has 0 fully saturated rings. The van der Waals surface area contributed by atoms with Crippen molar-refractivity contribution in [3.8, 4) is 28.9 Å². The lowest BCUT2D eigenvalue weighted by atomic mass is 10.1. The third kappa shape index (κ3) is 3.59. The number of nitriles is 1. The Morgan fingerprint density at radius 1 is 1.06 bits per heavy atom. The number of rotatable bonds is 5. The number of nitrogens with zero attached hydrogens (tertiary/aromatic N) is 7. The molecule has 0 aliphatic carbocycles. The molecule has 0 aliphatic rings. The molecule has 31 heavy (non-hydrogen) atoms. The molecule has 9 nitrogen and oxygen atoms in total. The first-order valence-corrected chi connectivity index (χ1v) is 9.66. The second-order valence-corrected chi connectivity index (χ2v) is 7.14. The summed E-state index contributed by atoms with van der Waals surface area (Å²) < 4.78 is 8.93. The Labute approximate surface area is 180 Å². The van der Waals surface area contributed by atoms with Gasteiger partial charge in [0, 0.05) is 24.2 Å². The Hall–Kier alpha value is -4.19. The van der Waals surface area contributed by atoms with E-state index in [0.29, 0.717) is 17.2 Å². The van der Waals surface area contributed by atoms with Gasteiger partial charge in [-0.3, -0.25) is 4.68 Å². The van der Waals surface area contributed by atoms with Crippen molar-refractivity contribution < 1.29 is 4.74 Å². The van der Waals surface area contributed by atoms with Gasteiger partial charge >= 0.3 is 0 Å². The Kier molecular flexibility index (Phi) is 5.13. The standard InChI is InChI=1S/C22H22N8O/c1-13-20(17-8-6-16(11-23)7-9-17)28-29(4)22(13)26-18-10-19(25-12-24-18)30-15(3)21(31-5)14(2)27-30/h6-10,12H,1-5H3,(H,24,25,26). The first-order chi connectivity index (χ1) is 14.9. The molecule has 156 valence electrons. The highest BCUT2D eigenvalue weighted by molar-refractivity contribution is 5.71. The van der Waals surface area contributed by atoms with Gasteiger partial charge in [0.15, 0.2) is 11.6 Å². The SMILES string of the molecule is COc1c(C)nn(-c2cc(Nc3c(C)c(-c4ccc(C#N)cc4)nn3C)ncn2)c1C. The van der Waals surface area contributed by atoms with Gasteiger partial charge in [0.1, 0.15) is 23.7 Å². The molecule has 4 rings (SSSR count). The van der Waals surface area contributed by atoms with Gasteiger partial charge < -0.3 is 10.1 Å². The minimum atomic E-state index is 0.616. The van der Waals surface area contributed by atoms with Crippen molar-refractivity contribution >= 4 is 11.6 Å². The largest absolute Gasteiger partial charge is 0.493 e. The molecule has 0 amide bonds. The van der Waals surface area contributed by atoms with Crippen LogP contribution in [0.2, 0.25) is 0 Å². The van der Waals surface area contributed by atoms with E-state index in [1.54, 1.807) is 28.6 Å². The smallest absolute Gasteiger partial charge is 0.163 e. The number of nitrogens with one attached hydrogen (secondary N) is 1. The number of benzene rings is 1. The van der Waals surface area contributed by atoms with Gasteiger partial charge in [-0.1, -0.05) is 12.1 Å². The fraction of sp³-hybridized carbons (Fsp3) is 0.227. The number of ether oxygens (including phenoxy) is 1. The number of aromatic nitrogens is 6. The van der Waals surface area contributed by atoms with E-state index in [0.717, 1.165) is 39.8 Å². The zero-order chi connectivity index (χ0) is 22.1. The molecule has 0 spiro atoms. The lowest BCUT2D eigenvalue weighted by Gasteiger charge is -2.09. The van der Waals surface area contributed by atoms with E-state index in [1.807, 2.05) is 46.0 Å². The van der Waals surface area contributed by atoms with Crippen LogP contribution < -0.4 is 10.1 Å². The summed E-state index contributed by atoms with van der Waals surface area (Å²) in [5.74, 6) is 2.81. The molecule has 0 saturated heterocycles. The first-order valence-electron chi connectivity index (χ1n) is 9.66. The Bertz CT molecular complexity index is 1290. The molecule has 0 aliphatic heterocycles. The number of methoxy groups -OCH3 is 1. The lowest BCUT2D eigenvalue weighted by molar-refractivity contribution is 0.408. The summed E-state index contributed by atoms with van der Waals surface area (Å²) in [6.07, 6.45) is 1.49. The molecule has 0 bridgehead atoms. The van der Waals surface area contributed by atoms with Crippen molar-refractivity contribution in [2.45, 2.75) is 20.8 Å². The van der Waals surface area contributed by atoms with Crippen LogP contribution in [0.3, 0.4) is 0 Å². The van der Waals surface area contributed by atoms with Crippen molar-refractivity contribution in [3.05, 3.63) is 59.2 Å². The third-order valence-corrected chi connectivity index (χ3v) is 5.12. The van der Waals surface area contributed by atoms with Crippen LogP contribution in [0.1, 0.15) is 22.5 Å². The minimum absolute atomic E-state index is 0.616. The molecule has 3 heterocycles. The van der Waals surface area contributed by atoms with Crippen LogP contribution in [0.25, 0.3) is 17.1 Å².